The lowest BCUT2D eigenvalue weighted by Crippen LogP contribution is -2.32. The number of aromatic nitrogens is 1. The number of rotatable bonds is 3. The summed E-state index contributed by atoms with van der Waals surface area (Å²) in [5.74, 6) is 1.68. The molecule has 0 spiro atoms. The summed E-state index contributed by atoms with van der Waals surface area (Å²) in [5, 5.41) is 0. The lowest BCUT2D eigenvalue weighted by molar-refractivity contribution is 0.0861. The van der Waals surface area contributed by atoms with Gasteiger partial charge in [0.05, 0.1) is 16.8 Å². The first-order valence-electron chi connectivity index (χ1n) is 11.3. The maximum absolute atomic E-state index is 13.2. The summed E-state index contributed by atoms with van der Waals surface area (Å²) in [7, 11) is 0. The molecule has 3 heterocycles. The van der Waals surface area contributed by atoms with Crippen molar-refractivity contribution in [3.63, 3.8) is 0 Å². The number of nitrogens with zero attached hydrogens (tertiary/aromatic N) is 2. The van der Waals surface area contributed by atoms with Crippen molar-refractivity contribution in [2.24, 2.45) is 0 Å². The largest absolute Gasteiger partial charge is 0.478 e. The Morgan fingerprint density at radius 1 is 1.12 bits per heavy atom. The van der Waals surface area contributed by atoms with Gasteiger partial charge in [0.2, 0.25) is 5.78 Å². The van der Waals surface area contributed by atoms with Gasteiger partial charge in [-0.2, -0.15) is 0 Å². The minimum absolute atomic E-state index is 0.0768. The average Bonchev–Trinajstić information content (AvgIpc) is 3.11. The normalized spacial score (nSPS) is 16.8. The van der Waals surface area contributed by atoms with E-state index in [9.17, 15) is 4.79 Å². The number of fused-ring (bicyclic) bond motifs is 3. The highest BCUT2D eigenvalue weighted by molar-refractivity contribution is 6.15. The summed E-state index contributed by atoms with van der Waals surface area (Å²) in [6.07, 6.45) is 3.62. The number of ketones is 1. The Balaban J connectivity index is 1.43. The SMILES string of the molecule is Cc1cc2c(c3c1C(=O)/C(=C/c1ccc(C(C)(C)C)cc1)O3)CN(Cc1ccccn1)CO2. The van der Waals surface area contributed by atoms with Crippen molar-refractivity contribution in [1.82, 2.24) is 9.88 Å². The number of allylic oxidation sites excluding steroid dienone is 1. The Morgan fingerprint density at radius 3 is 2.61 bits per heavy atom. The van der Waals surface area contributed by atoms with E-state index >= 15 is 0 Å². The second kappa shape index (κ2) is 8.16. The van der Waals surface area contributed by atoms with Crippen LogP contribution in [0.15, 0.2) is 60.5 Å². The molecule has 0 saturated carbocycles. The average molecular weight is 441 g/mol. The molecule has 0 saturated heterocycles. The quantitative estimate of drug-likeness (QED) is 0.492. The third kappa shape index (κ3) is 4.16. The van der Waals surface area contributed by atoms with Crippen LogP contribution in [0.5, 0.6) is 11.5 Å². The topological polar surface area (TPSA) is 51.7 Å². The summed E-state index contributed by atoms with van der Waals surface area (Å²) in [4.78, 5) is 19.8. The van der Waals surface area contributed by atoms with Gasteiger partial charge in [-0.3, -0.25) is 14.7 Å². The van der Waals surface area contributed by atoms with Gasteiger partial charge in [-0.15, -0.1) is 0 Å². The molecule has 0 N–H and O–H groups in total. The number of ether oxygens (including phenoxy) is 2. The molecular formula is C28H28N2O3. The molecule has 5 nitrogen and oxygen atoms in total. The number of pyridine rings is 1. The van der Waals surface area contributed by atoms with Crippen LogP contribution in [-0.2, 0) is 18.5 Å². The highest BCUT2D eigenvalue weighted by Crippen LogP contribution is 2.44. The Labute approximate surface area is 194 Å². The monoisotopic (exact) mass is 440 g/mol. The van der Waals surface area contributed by atoms with E-state index in [1.54, 1.807) is 6.20 Å². The van der Waals surface area contributed by atoms with Crippen molar-refractivity contribution < 1.29 is 14.3 Å². The predicted octanol–water partition coefficient (Wildman–Crippen LogP) is 5.66. The molecular weight excluding hydrogens is 412 g/mol. The van der Waals surface area contributed by atoms with Crippen LogP contribution >= 0.6 is 0 Å². The maximum atomic E-state index is 13.2. The lowest BCUT2D eigenvalue weighted by atomic mass is 9.86. The Kier molecular flexibility index (Phi) is 5.29. The van der Waals surface area contributed by atoms with E-state index in [0.29, 0.717) is 36.9 Å². The summed E-state index contributed by atoms with van der Waals surface area (Å²) in [6, 6.07) is 16.1. The molecule has 0 aliphatic carbocycles. The molecule has 2 aliphatic heterocycles. The van der Waals surface area contributed by atoms with Crippen LogP contribution in [0.3, 0.4) is 0 Å². The second-order valence-corrected chi connectivity index (χ2v) is 9.77. The molecule has 5 heteroatoms. The van der Waals surface area contributed by atoms with Crippen LogP contribution in [-0.4, -0.2) is 22.4 Å². The van der Waals surface area contributed by atoms with Crippen LogP contribution < -0.4 is 9.47 Å². The number of aryl methyl sites for hydroxylation is 1. The fourth-order valence-electron chi connectivity index (χ4n) is 4.33. The molecule has 168 valence electrons. The zero-order valence-electron chi connectivity index (χ0n) is 19.5. The van der Waals surface area contributed by atoms with E-state index in [2.05, 4.69) is 42.8 Å². The van der Waals surface area contributed by atoms with Gasteiger partial charge in [-0.05, 0) is 53.3 Å². The van der Waals surface area contributed by atoms with Gasteiger partial charge in [-0.1, -0.05) is 51.1 Å². The van der Waals surface area contributed by atoms with E-state index in [-0.39, 0.29) is 11.2 Å². The van der Waals surface area contributed by atoms with Gasteiger partial charge < -0.3 is 9.47 Å². The first-order chi connectivity index (χ1) is 15.8. The molecule has 3 aromatic rings. The van der Waals surface area contributed by atoms with E-state index in [1.807, 2.05) is 49.4 Å². The van der Waals surface area contributed by atoms with Crippen LogP contribution in [0.2, 0.25) is 0 Å². The minimum Gasteiger partial charge on any atom is -0.478 e. The highest BCUT2D eigenvalue weighted by Gasteiger charge is 2.35. The number of carbonyl (C=O) groups is 1. The molecule has 0 unspecified atom stereocenters. The molecule has 0 fully saturated rings. The smallest absolute Gasteiger partial charge is 0.232 e. The van der Waals surface area contributed by atoms with Gasteiger partial charge >= 0.3 is 0 Å². The number of Topliss-reactive ketones (excluding diaryl/α,β-unsaturated/α-hetero) is 1. The fourth-order valence-corrected chi connectivity index (χ4v) is 4.33. The molecule has 0 radical (unpaired) electrons. The molecule has 0 bridgehead atoms. The zero-order valence-corrected chi connectivity index (χ0v) is 19.5. The van der Waals surface area contributed by atoms with E-state index in [4.69, 9.17) is 9.47 Å². The lowest BCUT2D eigenvalue weighted by Gasteiger charge is -2.29. The molecule has 5 rings (SSSR count). The van der Waals surface area contributed by atoms with E-state index in [0.717, 1.165) is 28.1 Å². The van der Waals surface area contributed by atoms with Crippen molar-refractivity contribution in [3.8, 4) is 11.5 Å². The first-order valence-corrected chi connectivity index (χ1v) is 11.3. The highest BCUT2D eigenvalue weighted by atomic mass is 16.5. The Hall–Kier alpha value is -3.44. The van der Waals surface area contributed by atoms with Crippen LogP contribution in [0.25, 0.3) is 6.08 Å². The molecule has 0 amide bonds. The summed E-state index contributed by atoms with van der Waals surface area (Å²) >= 11 is 0. The summed E-state index contributed by atoms with van der Waals surface area (Å²) < 4.78 is 12.2. The summed E-state index contributed by atoms with van der Waals surface area (Å²) in [5.41, 5.74) is 5.68. The number of hydrogen-bond acceptors (Lipinski definition) is 5. The van der Waals surface area contributed by atoms with Crippen LogP contribution in [0.1, 0.15) is 59.1 Å². The maximum Gasteiger partial charge on any atom is 0.232 e. The zero-order chi connectivity index (χ0) is 23.2. The van der Waals surface area contributed by atoms with Crippen LogP contribution in [0.4, 0.5) is 0 Å². The Bertz CT molecular complexity index is 1240. The standard InChI is InChI=1S/C28H28N2O3/c1-18-13-23-22(16-30(17-32-23)15-21-7-5-6-12-29-21)27-25(18)26(31)24(33-27)14-19-8-10-20(11-9-19)28(2,3)4/h5-14H,15-17H2,1-4H3/b24-14-. The van der Waals surface area contributed by atoms with E-state index in [1.165, 1.54) is 5.56 Å². The summed E-state index contributed by atoms with van der Waals surface area (Å²) in [6.45, 7) is 10.3. The van der Waals surface area contributed by atoms with Crippen molar-refractivity contribution in [1.29, 1.82) is 0 Å². The van der Waals surface area contributed by atoms with Crippen molar-refractivity contribution in [2.75, 3.05) is 6.73 Å². The molecule has 2 aliphatic rings. The van der Waals surface area contributed by atoms with E-state index < -0.39 is 0 Å². The number of hydrogen-bond donors (Lipinski definition) is 0. The molecule has 33 heavy (non-hydrogen) atoms. The third-order valence-corrected chi connectivity index (χ3v) is 6.17. The second-order valence-electron chi connectivity index (χ2n) is 9.77. The van der Waals surface area contributed by atoms with Gasteiger partial charge in [0.25, 0.3) is 0 Å². The molecule has 2 aromatic carbocycles. The minimum atomic E-state index is -0.0768. The van der Waals surface area contributed by atoms with Crippen molar-refractivity contribution in [3.05, 3.63) is 94.0 Å². The van der Waals surface area contributed by atoms with Gasteiger partial charge in [0.1, 0.15) is 18.2 Å². The van der Waals surface area contributed by atoms with Crippen molar-refractivity contribution in [2.45, 2.75) is 46.2 Å². The van der Waals surface area contributed by atoms with Gasteiger partial charge in [0, 0.05) is 19.3 Å². The number of carbonyl (C=O) groups excluding carboxylic acids is 1. The fraction of sp³-hybridized carbons (Fsp3) is 0.286. The number of benzene rings is 2. The predicted molar refractivity (Wildman–Crippen MR) is 128 cm³/mol. The first kappa shape index (κ1) is 21.4. The molecule has 1 aromatic heterocycles. The van der Waals surface area contributed by atoms with Gasteiger partial charge in [0.15, 0.2) is 5.76 Å². The third-order valence-electron chi connectivity index (χ3n) is 6.17. The molecule has 0 atom stereocenters. The van der Waals surface area contributed by atoms with Crippen LogP contribution in [0, 0.1) is 6.92 Å². The van der Waals surface area contributed by atoms with Crippen molar-refractivity contribution >= 4 is 11.9 Å². The Morgan fingerprint density at radius 2 is 1.91 bits per heavy atom. The van der Waals surface area contributed by atoms with Gasteiger partial charge in [-0.25, -0.2) is 0 Å².